The van der Waals surface area contributed by atoms with E-state index in [4.69, 9.17) is 11.6 Å². The lowest BCUT2D eigenvalue weighted by Gasteiger charge is -2.30. The van der Waals surface area contributed by atoms with Crippen molar-refractivity contribution < 1.29 is 0 Å². The molecular weight excluding hydrogens is 286 g/mol. The number of nitrogens with zero attached hydrogens (tertiary/aromatic N) is 1. The van der Waals surface area contributed by atoms with Gasteiger partial charge in [-0.15, -0.1) is 0 Å². The molecule has 0 bridgehead atoms. The van der Waals surface area contributed by atoms with E-state index in [0.717, 1.165) is 29.0 Å². The number of anilines is 1. The zero-order valence-corrected chi connectivity index (χ0v) is 12.5. The first kappa shape index (κ1) is 13.9. The quantitative estimate of drug-likeness (QED) is 0.702. The molecule has 0 aromatic heterocycles. The fourth-order valence-electron chi connectivity index (χ4n) is 1.81. The van der Waals surface area contributed by atoms with Crippen LogP contribution in [0.4, 0.5) is 5.69 Å². The van der Waals surface area contributed by atoms with Gasteiger partial charge in [0.1, 0.15) is 0 Å². The molecule has 0 fully saturated rings. The van der Waals surface area contributed by atoms with E-state index in [0.29, 0.717) is 6.04 Å². The van der Waals surface area contributed by atoms with E-state index in [2.05, 4.69) is 53.7 Å². The minimum atomic E-state index is 0.525. The SMILES string of the molecule is CCC(C)N(CC)c1ccc(CBr)cc1Cl. The van der Waals surface area contributed by atoms with Crippen LogP contribution in [0.15, 0.2) is 18.2 Å². The van der Waals surface area contributed by atoms with Gasteiger partial charge in [-0.25, -0.2) is 0 Å². The second kappa shape index (κ2) is 6.51. The molecule has 0 heterocycles. The van der Waals surface area contributed by atoms with Crippen LogP contribution in [0.1, 0.15) is 32.8 Å². The maximum Gasteiger partial charge on any atom is 0.0642 e. The van der Waals surface area contributed by atoms with Crippen LogP contribution in [0, 0.1) is 0 Å². The van der Waals surface area contributed by atoms with Gasteiger partial charge < -0.3 is 4.90 Å². The van der Waals surface area contributed by atoms with Gasteiger partial charge in [-0.2, -0.15) is 0 Å². The standard InChI is InChI=1S/C13H19BrClN/c1-4-10(3)16(5-2)13-7-6-11(9-14)8-12(13)15/h6-8,10H,4-5,9H2,1-3H3. The molecule has 0 radical (unpaired) electrons. The first-order chi connectivity index (χ1) is 7.63. The number of alkyl halides is 1. The Labute approximate surface area is 112 Å². The van der Waals surface area contributed by atoms with Gasteiger partial charge in [0.05, 0.1) is 10.7 Å². The maximum atomic E-state index is 6.32. The molecule has 1 unspecified atom stereocenters. The van der Waals surface area contributed by atoms with Crippen molar-refractivity contribution in [2.75, 3.05) is 11.4 Å². The number of rotatable bonds is 5. The zero-order valence-electron chi connectivity index (χ0n) is 10.1. The predicted molar refractivity (Wildman–Crippen MR) is 76.9 cm³/mol. The Morgan fingerprint density at radius 3 is 2.50 bits per heavy atom. The Hall–Kier alpha value is -0.210. The normalized spacial score (nSPS) is 12.6. The van der Waals surface area contributed by atoms with E-state index < -0.39 is 0 Å². The third-order valence-electron chi connectivity index (χ3n) is 2.94. The van der Waals surface area contributed by atoms with Gasteiger partial charge >= 0.3 is 0 Å². The van der Waals surface area contributed by atoms with Crippen molar-refractivity contribution in [2.45, 2.75) is 38.6 Å². The van der Waals surface area contributed by atoms with E-state index in [-0.39, 0.29) is 0 Å². The van der Waals surface area contributed by atoms with E-state index in [1.165, 1.54) is 5.56 Å². The van der Waals surface area contributed by atoms with Gasteiger partial charge in [-0.3, -0.25) is 0 Å². The van der Waals surface area contributed by atoms with Crippen molar-refractivity contribution >= 4 is 33.2 Å². The van der Waals surface area contributed by atoms with Crippen molar-refractivity contribution in [2.24, 2.45) is 0 Å². The number of halogens is 2. The highest BCUT2D eigenvalue weighted by Crippen LogP contribution is 2.29. The number of hydrogen-bond donors (Lipinski definition) is 0. The van der Waals surface area contributed by atoms with Crippen LogP contribution in [0.5, 0.6) is 0 Å². The Balaban J connectivity index is 3.01. The van der Waals surface area contributed by atoms with Crippen molar-refractivity contribution in [3.05, 3.63) is 28.8 Å². The van der Waals surface area contributed by atoms with Crippen molar-refractivity contribution in [1.82, 2.24) is 0 Å². The van der Waals surface area contributed by atoms with E-state index in [9.17, 15) is 0 Å². The van der Waals surface area contributed by atoms with E-state index in [1.807, 2.05) is 6.07 Å². The summed E-state index contributed by atoms with van der Waals surface area (Å²) < 4.78 is 0. The molecule has 0 spiro atoms. The molecule has 0 saturated heterocycles. The molecule has 0 aliphatic heterocycles. The summed E-state index contributed by atoms with van der Waals surface area (Å²) in [6.45, 7) is 7.59. The molecule has 1 atom stereocenters. The first-order valence-corrected chi connectivity index (χ1v) is 7.25. The topological polar surface area (TPSA) is 3.24 Å². The van der Waals surface area contributed by atoms with Crippen LogP contribution in [0.25, 0.3) is 0 Å². The van der Waals surface area contributed by atoms with Crippen molar-refractivity contribution in [3.63, 3.8) is 0 Å². The monoisotopic (exact) mass is 303 g/mol. The lowest BCUT2D eigenvalue weighted by molar-refractivity contribution is 0.630. The highest BCUT2D eigenvalue weighted by molar-refractivity contribution is 9.08. The molecule has 0 saturated carbocycles. The molecule has 0 aliphatic rings. The lowest BCUT2D eigenvalue weighted by Crippen LogP contribution is -2.32. The molecule has 1 aromatic carbocycles. The maximum absolute atomic E-state index is 6.32. The average Bonchev–Trinajstić information content (AvgIpc) is 2.31. The first-order valence-electron chi connectivity index (χ1n) is 5.75. The number of hydrogen-bond acceptors (Lipinski definition) is 1. The van der Waals surface area contributed by atoms with Gasteiger partial charge in [-0.05, 0) is 38.0 Å². The Bertz CT molecular complexity index is 341. The molecule has 0 N–H and O–H groups in total. The summed E-state index contributed by atoms with van der Waals surface area (Å²) in [5.74, 6) is 0. The molecule has 0 amide bonds. The summed E-state index contributed by atoms with van der Waals surface area (Å²) in [7, 11) is 0. The third-order valence-corrected chi connectivity index (χ3v) is 3.89. The molecular formula is C13H19BrClN. The summed E-state index contributed by atoms with van der Waals surface area (Å²) in [4.78, 5) is 2.35. The Kier molecular flexibility index (Phi) is 5.63. The Morgan fingerprint density at radius 1 is 1.38 bits per heavy atom. The summed E-state index contributed by atoms with van der Waals surface area (Å²) in [6, 6.07) is 6.81. The van der Waals surface area contributed by atoms with Gasteiger partial charge in [0.2, 0.25) is 0 Å². The van der Waals surface area contributed by atoms with Crippen LogP contribution >= 0.6 is 27.5 Å². The second-order valence-electron chi connectivity index (χ2n) is 3.96. The summed E-state index contributed by atoms with van der Waals surface area (Å²) in [5.41, 5.74) is 2.36. The highest BCUT2D eigenvalue weighted by Gasteiger charge is 2.13. The van der Waals surface area contributed by atoms with Gasteiger partial charge in [0.15, 0.2) is 0 Å². The van der Waals surface area contributed by atoms with Gasteiger partial charge in [0, 0.05) is 17.9 Å². The van der Waals surface area contributed by atoms with Crippen LogP contribution in [-0.2, 0) is 5.33 Å². The smallest absolute Gasteiger partial charge is 0.0642 e. The van der Waals surface area contributed by atoms with Gasteiger partial charge in [0.25, 0.3) is 0 Å². The van der Waals surface area contributed by atoms with Crippen molar-refractivity contribution in [1.29, 1.82) is 0 Å². The van der Waals surface area contributed by atoms with Gasteiger partial charge in [-0.1, -0.05) is 40.5 Å². The van der Waals surface area contributed by atoms with Crippen LogP contribution in [0.2, 0.25) is 5.02 Å². The highest BCUT2D eigenvalue weighted by atomic mass is 79.9. The minimum absolute atomic E-state index is 0.525. The summed E-state index contributed by atoms with van der Waals surface area (Å²) in [6.07, 6.45) is 1.13. The van der Waals surface area contributed by atoms with Crippen molar-refractivity contribution in [3.8, 4) is 0 Å². The Morgan fingerprint density at radius 2 is 2.06 bits per heavy atom. The fourth-order valence-corrected chi connectivity index (χ4v) is 2.47. The molecule has 1 aromatic rings. The molecule has 1 nitrogen and oxygen atoms in total. The lowest BCUT2D eigenvalue weighted by atomic mass is 10.1. The second-order valence-corrected chi connectivity index (χ2v) is 4.93. The zero-order chi connectivity index (χ0) is 12.1. The molecule has 90 valence electrons. The molecule has 1 rings (SSSR count). The molecule has 16 heavy (non-hydrogen) atoms. The number of benzene rings is 1. The summed E-state index contributed by atoms with van der Waals surface area (Å²) >= 11 is 9.76. The summed E-state index contributed by atoms with van der Waals surface area (Å²) in [5, 5.41) is 1.70. The van der Waals surface area contributed by atoms with E-state index in [1.54, 1.807) is 0 Å². The predicted octanol–water partition coefficient (Wildman–Crippen LogP) is 4.86. The largest absolute Gasteiger partial charge is 0.368 e. The van der Waals surface area contributed by atoms with Crippen LogP contribution in [0.3, 0.4) is 0 Å². The van der Waals surface area contributed by atoms with E-state index >= 15 is 0 Å². The van der Waals surface area contributed by atoms with Crippen LogP contribution < -0.4 is 4.90 Å². The van der Waals surface area contributed by atoms with Crippen LogP contribution in [-0.4, -0.2) is 12.6 Å². The minimum Gasteiger partial charge on any atom is -0.368 e. The fraction of sp³-hybridized carbons (Fsp3) is 0.538. The molecule has 3 heteroatoms. The average molecular weight is 305 g/mol. The third kappa shape index (κ3) is 3.14. The molecule has 0 aliphatic carbocycles.